The first-order chi connectivity index (χ1) is 12.4. The average molecular weight is 383 g/mol. The fourth-order valence-electron chi connectivity index (χ4n) is 2.73. The van der Waals surface area contributed by atoms with E-state index in [9.17, 15) is 17.2 Å². The molecule has 1 aliphatic rings. The van der Waals surface area contributed by atoms with Crippen molar-refractivity contribution >= 4 is 10.0 Å². The summed E-state index contributed by atoms with van der Waals surface area (Å²) in [6.07, 6.45) is 0.0593. The van der Waals surface area contributed by atoms with Gasteiger partial charge in [0.25, 0.3) is 0 Å². The molecule has 0 fully saturated rings. The Labute approximate surface area is 151 Å². The highest BCUT2D eigenvalue weighted by molar-refractivity contribution is 7.89. The summed E-state index contributed by atoms with van der Waals surface area (Å²) in [5.41, 5.74) is 0. The molecule has 8 heteroatoms. The Morgan fingerprint density at radius 2 is 1.85 bits per heavy atom. The van der Waals surface area contributed by atoms with Gasteiger partial charge in [-0.15, -0.1) is 0 Å². The fraction of sp³-hybridized carbons (Fsp3) is 0.333. The molecule has 0 amide bonds. The van der Waals surface area contributed by atoms with Gasteiger partial charge < -0.3 is 9.47 Å². The predicted octanol–water partition coefficient (Wildman–Crippen LogP) is 3.21. The first kappa shape index (κ1) is 18.6. The lowest BCUT2D eigenvalue weighted by Crippen LogP contribution is -2.44. The Hall–Kier alpha value is -2.19. The minimum atomic E-state index is -3.99. The zero-order valence-electron chi connectivity index (χ0n) is 14.2. The van der Waals surface area contributed by atoms with Crippen molar-refractivity contribution in [1.29, 1.82) is 0 Å². The van der Waals surface area contributed by atoms with Crippen molar-refractivity contribution in [2.24, 2.45) is 0 Å². The molecule has 140 valence electrons. The van der Waals surface area contributed by atoms with Crippen LogP contribution in [-0.4, -0.2) is 38.5 Å². The van der Waals surface area contributed by atoms with Crippen LogP contribution < -0.4 is 9.47 Å². The van der Waals surface area contributed by atoms with Crippen molar-refractivity contribution < 1.29 is 26.7 Å². The first-order valence-electron chi connectivity index (χ1n) is 8.25. The Morgan fingerprint density at radius 3 is 2.54 bits per heavy atom. The topological polar surface area (TPSA) is 55.8 Å². The zero-order valence-corrected chi connectivity index (χ0v) is 15.0. The van der Waals surface area contributed by atoms with Crippen molar-refractivity contribution in [1.82, 2.24) is 4.31 Å². The maximum absolute atomic E-state index is 13.5. The highest BCUT2D eigenvalue weighted by atomic mass is 32.2. The van der Waals surface area contributed by atoms with Crippen LogP contribution in [0.1, 0.15) is 13.3 Å². The van der Waals surface area contributed by atoms with Crippen LogP contribution in [0.5, 0.6) is 11.5 Å². The number of hydrogen-bond acceptors (Lipinski definition) is 4. The maximum atomic E-state index is 13.5. The van der Waals surface area contributed by atoms with Crippen molar-refractivity contribution in [3.63, 3.8) is 0 Å². The second-order valence-electron chi connectivity index (χ2n) is 5.94. The molecule has 1 unspecified atom stereocenters. The molecule has 0 aromatic heterocycles. The molecule has 1 heterocycles. The summed E-state index contributed by atoms with van der Waals surface area (Å²) in [6, 6.07) is 9.70. The molecule has 1 aliphatic heterocycles. The van der Waals surface area contributed by atoms with E-state index in [1.807, 2.05) is 13.0 Å². The van der Waals surface area contributed by atoms with E-state index in [1.165, 1.54) is 4.31 Å². The third-order valence-electron chi connectivity index (χ3n) is 3.98. The van der Waals surface area contributed by atoms with Gasteiger partial charge in [-0.3, -0.25) is 0 Å². The van der Waals surface area contributed by atoms with Crippen LogP contribution in [0.3, 0.4) is 0 Å². The van der Waals surface area contributed by atoms with Crippen molar-refractivity contribution in [3.8, 4) is 11.5 Å². The molecule has 0 spiro atoms. The molecule has 0 aliphatic carbocycles. The van der Waals surface area contributed by atoms with Gasteiger partial charge in [0.05, 0.1) is 11.4 Å². The normalized spacial score (nSPS) is 16.7. The van der Waals surface area contributed by atoms with Gasteiger partial charge in [-0.05, 0) is 36.8 Å². The zero-order chi connectivity index (χ0) is 18.7. The Kier molecular flexibility index (Phi) is 5.43. The Morgan fingerprint density at radius 1 is 1.12 bits per heavy atom. The highest BCUT2D eigenvalue weighted by Gasteiger charge is 2.30. The van der Waals surface area contributed by atoms with E-state index in [0.29, 0.717) is 24.0 Å². The van der Waals surface area contributed by atoms with Gasteiger partial charge in [0.15, 0.2) is 23.1 Å². The van der Waals surface area contributed by atoms with Crippen molar-refractivity contribution in [2.75, 3.05) is 19.7 Å². The second-order valence-corrected chi connectivity index (χ2v) is 7.87. The molecule has 0 saturated heterocycles. The summed E-state index contributed by atoms with van der Waals surface area (Å²) in [7, 11) is -3.99. The number of para-hydroxylation sites is 2. The van der Waals surface area contributed by atoms with Crippen LogP contribution in [0, 0.1) is 11.6 Å². The fourth-order valence-corrected chi connectivity index (χ4v) is 4.30. The molecule has 5 nitrogen and oxygen atoms in total. The number of rotatable bonds is 6. The van der Waals surface area contributed by atoms with Crippen LogP contribution in [0.4, 0.5) is 8.78 Å². The summed E-state index contributed by atoms with van der Waals surface area (Å²) in [4.78, 5) is -0.290. The number of nitrogens with zero attached hydrogens (tertiary/aromatic N) is 1. The van der Waals surface area contributed by atoms with Crippen LogP contribution in [0.2, 0.25) is 0 Å². The number of sulfonamides is 1. The monoisotopic (exact) mass is 383 g/mol. The minimum absolute atomic E-state index is 0.0451. The number of fused-ring (bicyclic) bond motifs is 1. The van der Waals surface area contributed by atoms with Gasteiger partial charge in [-0.25, -0.2) is 17.2 Å². The minimum Gasteiger partial charge on any atom is -0.486 e. The van der Waals surface area contributed by atoms with Gasteiger partial charge in [0, 0.05) is 6.54 Å². The Bertz CT molecular complexity index is 889. The average Bonchev–Trinajstić information content (AvgIpc) is 2.63. The van der Waals surface area contributed by atoms with Crippen LogP contribution in [-0.2, 0) is 10.0 Å². The molecule has 1 atom stereocenters. The second kappa shape index (κ2) is 7.59. The SMILES string of the molecule is CCCN(CC1COc2ccccc2O1)S(=O)(=O)c1ccc(F)c(F)c1. The van der Waals surface area contributed by atoms with E-state index in [1.54, 1.807) is 18.2 Å². The van der Waals surface area contributed by atoms with Gasteiger partial charge in [-0.1, -0.05) is 19.1 Å². The standard InChI is InChI=1S/C18H19F2NO4S/c1-2-9-21(26(22,23)14-7-8-15(19)16(20)10-14)11-13-12-24-17-5-3-4-6-18(17)25-13/h3-8,10,13H,2,9,11-12H2,1H3. The summed E-state index contributed by atoms with van der Waals surface area (Å²) in [5, 5.41) is 0. The lowest BCUT2D eigenvalue weighted by Gasteiger charge is -2.30. The van der Waals surface area contributed by atoms with Crippen LogP contribution in [0.15, 0.2) is 47.4 Å². The predicted molar refractivity (Wildman–Crippen MR) is 91.8 cm³/mol. The van der Waals surface area contributed by atoms with Crippen LogP contribution >= 0.6 is 0 Å². The first-order valence-corrected chi connectivity index (χ1v) is 9.69. The molecule has 2 aromatic carbocycles. The molecular formula is C18H19F2NO4S. The lowest BCUT2D eigenvalue weighted by atomic mass is 10.2. The summed E-state index contributed by atoms with van der Waals surface area (Å²) in [6.45, 7) is 2.30. The van der Waals surface area contributed by atoms with E-state index in [0.717, 1.165) is 12.1 Å². The van der Waals surface area contributed by atoms with Crippen molar-refractivity contribution in [3.05, 3.63) is 54.1 Å². The summed E-state index contributed by atoms with van der Waals surface area (Å²) >= 11 is 0. The van der Waals surface area contributed by atoms with E-state index < -0.39 is 27.8 Å². The molecule has 0 radical (unpaired) electrons. The molecule has 0 bridgehead atoms. The van der Waals surface area contributed by atoms with Crippen LogP contribution in [0.25, 0.3) is 0 Å². The number of ether oxygens (including phenoxy) is 2. The largest absolute Gasteiger partial charge is 0.486 e. The smallest absolute Gasteiger partial charge is 0.243 e. The molecule has 2 aromatic rings. The Balaban J connectivity index is 1.81. The van der Waals surface area contributed by atoms with Gasteiger partial charge >= 0.3 is 0 Å². The third-order valence-corrected chi connectivity index (χ3v) is 5.84. The number of halogens is 2. The number of benzene rings is 2. The molecule has 0 N–H and O–H groups in total. The molecular weight excluding hydrogens is 364 g/mol. The molecule has 3 rings (SSSR count). The van der Waals surface area contributed by atoms with Gasteiger partial charge in [0.1, 0.15) is 12.7 Å². The highest BCUT2D eigenvalue weighted by Crippen LogP contribution is 2.31. The lowest BCUT2D eigenvalue weighted by molar-refractivity contribution is 0.0764. The maximum Gasteiger partial charge on any atom is 0.243 e. The summed E-state index contributed by atoms with van der Waals surface area (Å²) < 4.78 is 64.9. The van der Waals surface area contributed by atoms with E-state index >= 15 is 0 Å². The number of hydrogen-bond donors (Lipinski definition) is 0. The quantitative estimate of drug-likeness (QED) is 0.769. The third kappa shape index (κ3) is 3.81. The molecule has 0 saturated carbocycles. The van der Waals surface area contributed by atoms with Gasteiger partial charge in [-0.2, -0.15) is 4.31 Å². The van der Waals surface area contributed by atoms with E-state index in [-0.39, 0.29) is 24.6 Å². The molecule has 26 heavy (non-hydrogen) atoms. The van der Waals surface area contributed by atoms with E-state index in [4.69, 9.17) is 9.47 Å². The van der Waals surface area contributed by atoms with Gasteiger partial charge in [0.2, 0.25) is 10.0 Å². The summed E-state index contributed by atoms with van der Waals surface area (Å²) in [5.74, 6) is -1.14. The van der Waals surface area contributed by atoms with E-state index in [2.05, 4.69) is 0 Å². The van der Waals surface area contributed by atoms with Crippen molar-refractivity contribution in [2.45, 2.75) is 24.3 Å².